The number of fused-ring (bicyclic) bond motifs is 1. The van der Waals surface area contributed by atoms with E-state index < -0.39 is 23.1 Å². The van der Waals surface area contributed by atoms with Crippen LogP contribution < -0.4 is 0 Å². The molecule has 0 bridgehead atoms. The number of ether oxygens (including phenoxy) is 1. The number of halogens is 1. The molecule has 2 aliphatic rings. The summed E-state index contributed by atoms with van der Waals surface area (Å²) in [7, 11) is 0. The summed E-state index contributed by atoms with van der Waals surface area (Å²) >= 11 is 6.31. The fourth-order valence-electron chi connectivity index (χ4n) is 3.33. The molecule has 7 heteroatoms. The van der Waals surface area contributed by atoms with Gasteiger partial charge in [-0.15, -0.1) is 0 Å². The van der Waals surface area contributed by atoms with Gasteiger partial charge in [0.1, 0.15) is 0 Å². The zero-order valence-corrected chi connectivity index (χ0v) is 18.7. The molecule has 30 heavy (non-hydrogen) atoms. The molecular weight excluding hydrogens is 406 g/mol. The van der Waals surface area contributed by atoms with E-state index in [2.05, 4.69) is 19.9 Å². The van der Waals surface area contributed by atoms with Crippen molar-refractivity contribution in [3.05, 3.63) is 58.0 Å². The molecule has 0 radical (unpaired) electrons. The molecule has 1 N–H and O–H groups in total. The molecule has 1 heterocycles. The molecule has 2 rings (SSSR count). The number of carbonyl (C=O) groups is 3. The van der Waals surface area contributed by atoms with Crippen molar-refractivity contribution >= 4 is 29.1 Å². The molecule has 0 saturated carbocycles. The summed E-state index contributed by atoms with van der Waals surface area (Å²) in [6, 6.07) is 0. The van der Waals surface area contributed by atoms with Crippen molar-refractivity contribution < 1.29 is 24.2 Å². The maximum atomic E-state index is 13.0. The second-order valence-corrected chi connectivity index (χ2v) is 8.05. The van der Waals surface area contributed by atoms with Gasteiger partial charge < -0.3 is 14.7 Å². The Hall–Kier alpha value is -2.44. The second-order valence-electron chi connectivity index (χ2n) is 7.67. The number of aliphatic hydroxyl groups excluding tert-OH is 1. The third-order valence-corrected chi connectivity index (χ3v) is 5.52. The third-order valence-electron chi connectivity index (χ3n) is 5.14. The predicted octanol–water partition coefficient (Wildman–Crippen LogP) is 3.58. The number of allylic oxidation sites excluding steroid dienone is 6. The van der Waals surface area contributed by atoms with Crippen LogP contribution in [0.15, 0.2) is 58.0 Å². The Bertz CT molecular complexity index is 909. The molecule has 0 amide bonds. The van der Waals surface area contributed by atoms with Gasteiger partial charge in [-0.2, -0.15) is 0 Å². The molecular formula is C23H28ClNO5. The molecule has 0 aromatic rings. The van der Waals surface area contributed by atoms with Crippen LogP contribution in [0.1, 0.15) is 41.0 Å². The molecule has 1 aliphatic carbocycles. The number of ketones is 2. The Morgan fingerprint density at radius 1 is 1.33 bits per heavy atom. The number of rotatable bonds is 7. The van der Waals surface area contributed by atoms with E-state index in [4.69, 9.17) is 16.3 Å². The zero-order chi connectivity index (χ0) is 22.6. The van der Waals surface area contributed by atoms with Gasteiger partial charge >= 0.3 is 5.97 Å². The number of esters is 1. The van der Waals surface area contributed by atoms with Gasteiger partial charge in [-0.1, -0.05) is 49.6 Å². The molecule has 1 aliphatic heterocycles. The van der Waals surface area contributed by atoms with Crippen molar-refractivity contribution in [2.45, 2.75) is 46.6 Å². The summed E-state index contributed by atoms with van der Waals surface area (Å²) in [6.45, 7) is 8.72. The van der Waals surface area contributed by atoms with Crippen LogP contribution in [-0.2, 0) is 19.1 Å². The maximum Gasteiger partial charge on any atom is 0.304 e. The molecule has 0 aromatic heterocycles. The van der Waals surface area contributed by atoms with Crippen LogP contribution in [0.25, 0.3) is 0 Å². The van der Waals surface area contributed by atoms with Gasteiger partial charge in [-0.3, -0.25) is 14.4 Å². The van der Waals surface area contributed by atoms with E-state index >= 15 is 0 Å². The Morgan fingerprint density at radius 3 is 2.57 bits per heavy atom. The lowest BCUT2D eigenvalue weighted by Gasteiger charge is -2.35. The molecule has 2 atom stereocenters. The minimum atomic E-state index is -2.00. The summed E-state index contributed by atoms with van der Waals surface area (Å²) in [4.78, 5) is 39.0. The van der Waals surface area contributed by atoms with E-state index in [-0.39, 0.29) is 29.3 Å². The first-order valence-corrected chi connectivity index (χ1v) is 10.3. The van der Waals surface area contributed by atoms with Gasteiger partial charge in [-0.25, -0.2) is 0 Å². The Kier molecular flexibility index (Phi) is 7.61. The van der Waals surface area contributed by atoms with Gasteiger partial charge in [0, 0.05) is 36.5 Å². The Morgan fingerprint density at radius 2 is 2.00 bits per heavy atom. The molecule has 0 spiro atoms. The highest BCUT2D eigenvalue weighted by Crippen LogP contribution is 2.39. The number of nitrogens with zero attached hydrogens (tertiary/aromatic N) is 1. The molecule has 0 aromatic carbocycles. The standard InChI is InChI=1S/C23H28ClNO5/c1-6-14(2)11-15(3)7-8-17-12-18-19(13-25(17)9-10-26)21(28)23(5,30-16(4)27)22(29)20(18)24/h7-8,11-14,26H,6,9-10H2,1-5H3/b8-7+,15-11+/t14-,23-/m0/s1. The van der Waals surface area contributed by atoms with Crippen LogP contribution in [0, 0.1) is 5.92 Å². The first kappa shape index (κ1) is 23.8. The average molecular weight is 434 g/mol. The number of carbonyl (C=O) groups excluding carboxylic acids is 3. The highest BCUT2D eigenvalue weighted by molar-refractivity contribution is 6.49. The summed E-state index contributed by atoms with van der Waals surface area (Å²) < 4.78 is 5.06. The van der Waals surface area contributed by atoms with Crippen molar-refractivity contribution in [2.75, 3.05) is 13.2 Å². The van der Waals surface area contributed by atoms with Crippen LogP contribution in [0.5, 0.6) is 0 Å². The lowest BCUT2D eigenvalue weighted by atomic mass is 9.79. The van der Waals surface area contributed by atoms with Gasteiger partial charge in [0.05, 0.1) is 11.6 Å². The van der Waals surface area contributed by atoms with Gasteiger partial charge in [0.25, 0.3) is 0 Å². The second kappa shape index (κ2) is 9.58. The fraction of sp³-hybridized carbons (Fsp3) is 0.435. The van der Waals surface area contributed by atoms with Crippen molar-refractivity contribution in [1.82, 2.24) is 4.90 Å². The summed E-state index contributed by atoms with van der Waals surface area (Å²) in [5.41, 5.74) is 0.200. The summed E-state index contributed by atoms with van der Waals surface area (Å²) in [5.74, 6) is -1.70. The monoisotopic (exact) mass is 433 g/mol. The number of hydrogen-bond acceptors (Lipinski definition) is 6. The van der Waals surface area contributed by atoms with E-state index in [1.54, 1.807) is 11.0 Å². The normalized spacial score (nSPS) is 23.4. The van der Waals surface area contributed by atoms with Gasteiger partial charge in [0.15, 0.2) is 0 Å². The number of hydrogen-bond donors (Lipinski definition) is 1. The van der Waals surface area contributed by atoms with Crippen LogP contribution in [0.2, 0.25) is 0 Å². The van der Waals surface area contributed by atoms with E-state index in [1.807, 2.05) is 19.1 Å². The first-order valence-electron chi connectivity index (χ1n) is 9.92. The SMILES string of the molecule is CC[C@H](C)/C=C(C)/C=C/C1=CC2=C(Cl)C(=O)[C@@](C)(OC(C)=O)C(=O)C2=CN1CCO. The summed E-state index contributed by atoms with van der Waals surface area (Å²) in [5, 5.41) is 9.30. The number of Topliss-reactive ketones (excluding diaryl/α,β-unsaturated/α-hetero) is 2. The predicted molar refractivity (Wildman–Crippen MR) is 115 cm³/mol. The highest BCUT2D eigenvalue weighted by atomic mass is 35.5. The first-order chi connectivity index (χ1) is 14.0. The van der Waals surface area contributed by atoms with E-state index in [1.165, 1.54) is 13.1 Å². The van der Waals surface area contributed by atoms with E-state index in [0.717, 1.165) is 18.9 Å². The van der Waals surface area contributed by atoms with Gasteiger partial charge in [0.2, 0.25) is 17.2 Å². The largest absolute Gasteiger partial charge is 0.443 e. The minimum Gasteiger partial charge on any atom is -0.443 e. The van der Waals surface area contributed by atoms with Crippen molar-refractivity contribution in [1.29, 1.82) is 0 Å². The lowest BCUT2D eigenvalue weighted by molar-refractivity contribution is -0.167. The topological polar surface area (TPSA) is 83.9 Å². The van der Waals surface area contributed by atoms with Crippen LogP contribution in [0.3, 0.4) is 0 Å². The molecule has 162 valence electrons. The van der Waals surface area contributed by atoms with E-state index in [9.17, 15) is 19.5 Å². The van der Waals surface area contributed by atoms with Gasteiger partial charge in [-0.05, 0) is 31.9 Å². The lowest BCUT2D eigenvalue weighted by Crippen LogP contribution is -2.52. The minimum absolute atomic E-state index is 0.141. The molecule has 0 unspecified atom stereocenters. The smallest absolute Gasteiger partial charge is 0.304 e. The fourth-order valence-corrected chi connectivity index (χ4v) is 3.66. The maximum absolute atomic E-state index is 13.0. The number of β-amino-alcohol motifs (C(OH)–C–C–N with tert-alkyl or cyclic N) is 1. The molecule has 0 fully saturated rings. The Labute approximate surface area is 182 Å². The van der Waals surface area contributed by atoms with Crippen molar-refractivity contribution in [3.8, 4) is 0 Å². The molecule has 6 nitrogen and oxygen atoms in total. The highest BCUT2D eigenvalue weighted by Gasteiger charge is 2.52. The van der Waals surface area contributed by atoms with Crippen LogP contribution >= 0.6 is 11.6 Å². The third kappa shape index (κ3) is 4.82. The number of aliphatic hydroxyl groups is 1. The molecule has 0 saturated heterocycles. The van der Waals surface area contributed by atoms with Crippen LogP contribution in [0.4, 0.5) is 0 Å². The van der Waals surface area contributed by atoms with Crippen molar-refractivity contribution in [2.24, 2.45) is 5.92 Å². The quantitative estimate of drug-likeness (QED) is 0.375. The average Bonchev–Trinajstić information content (AvgIpc) is 2.69. The summed E-state index contributed by atoms with van der Waals surface area (Å²) in [6.07, 6.45) is 10.2. The van der Waals surface area contributed by atoms with Crippen molar-refractivity contribution in [3.63, 3.8) is 0 Å². The van der Waals surface area contributed by atoms with Crippen LogP contribution in [-0.4, -0.2) is 46.3 Å². The Balaban J connectivity index is 2.52. The van der Waals surface area contributed by atoms with E-state index in [0.29, 0.717) is 11.6 Å². The zero-order valence-electron chi connectivity index (χ0n) is 18.0.